The molecule has 9 rings (SSSR count). The fourth-order valence-electron chi connectivity index (χ4n) is 7.30. The first kappa shape index (κ1) is 28.8. The largest absolute Gasteiger partial charge is 0.343 e. The maximum absolute atomic E-state index is 2.35. The maximum Gasteiger partial charge on any atom is 0.0568 e. The molecule has 0 bridgehead atoms. The van der Waals surface area contributed by atoms with Crippen LogP contribution in [0.4, 0.5) is 17.1 Å². The molecule has 0 aliphatic rings. The van der Waals surface area contributed by atoms with Gasteiger partial charge in [-0.15, -0.1) is 0 Å². The summed E-state index contributed by atoms with van der Waals surface area (Å²) in [5, 5.41) is 5.13. The van der Waals surface area contributed by atoms with Crippen LogP contribution in [0.1, 0.15) is 0 Å². The van der Waals surface area contributed by atoms with E-state index in [9.17, 15) is 0 Å². The summed E-state index contributed by atoms with van der Waals surface area (Å²) in [4.78, 5) is 2.31. The number of hydrogen-bond acceptors (Lipinski definition) is 1. The molecule has 0 atom stereocenters. The van der Waals surface area contributed by atoms with Crippen molar-refractivity contribution in [2.24, 2.45) is 7.05 Å². The summed E-state index contributed by atoms with van der Waals surface area (Å²) in [6.07, 6.45) is 0. The Morgan fingerprint density at radius 2 is 0.837 bits per heavy atom. The Balaban J connectivity index is 1.04. The Hall–Kier alpha value is -6.38. The first-order valence-corrected chi connectivity index (χ1v) is 16.8. The van der Waals surface area contributed by atoms with E-state index in [0.29, 0.717) is 0 Å². The molecule has 2 heteroatoms. The fraction of sp³-hybridized carbons (Fsp3) is 0.0213. The predicted molar refractivity (Wildman–Crippen MR) is 209 cm³/mol. The molecule has 232 valence electrons. The molecule has 8 aromatic carbocycles. The number of benzene rings is 8. The van der Waals surface area contributed by atoms with Crippen molar-refractivity contribution in [3.8, 4) is 33.4 Å². The number of fused-ring (bicyclic) bond motifs is 4. The molecule has 0 radical (unpaired) electrons. The number of aromatic nitrogens is 1. The molecule has 0 amide bonds. The summed E-state index contributed by atoms with van der Waals surface area (Å²) in [5.74, 6) is 0. The van der Waals surface area contributed by atoms with Crippen LogP contribution in [0.3, 0.4) is 0 Å². The first-order valence-electron chi connectivity index (χ1n) is 16.8. The monoisotopic (exact) mass is 626 g/mol. The van der Waals surface area contributed by atoms with Crippen LogP contribution in [0.25, 0.3) is 66.0 Å². The molecule has 0 aliphatic heterocycles. The van der Waals surface area contributed by atoms with E-state index in [1.165, 1.54) is 66.0 Å². The molecule has 2 nitrogen and oxygen atoms in total. The van der Waals surface area contributed by atoms with E-state index < -0.39 is 0 Å². The third-order valence-electron chi connectivity index (χ3n) is 9.79. The highest BCUT2D eigenvalue weighted by Crippen LogP contribution is 2.39. The minimum absolute atomic E-state index is 1.12. The highest BCUT2D eigenvalue weighted by molar-refractivity contribution is 6.15. The van der Waals surface area contributed by atoms with E-state index in [1.54, 1.807) is 0 Å². The van der Waals surface area contributed by atoms with E-state index in [-0.39, 0.29) is 0 Å². The fourth-order valence-corrected chi connectivity index (χ4v) is 7.30. The molecule has 0 saturated heterocycles. The van der Waals surface area contributed by atoms with Gasteiger partial charge in [0.2, 0.25) is 0 Å². The van der Waals surface area contributed by atoms with Gasteiger partial charge in [-0.1, -0.05) is 140 Å². The average molecular weight is 627 g/mol. The SMILES string of the molecule is Cn1c2cc3ccccc3cc2c2cccc(-c3ccc(-c4ccc(N(c5ccccc5)c5ccc(-c6ccccc6)cc5)cc4)cc3)c21. The van der Waals surface area contributed by atoms with Gasteiger partial charge in [-0.25, -0.2) is 0 Å². The van der Waals surface area contributed by atoms with E-state index in [0.717, 1.165) is 17.1 Å². The number of anilines is 3. The van der Waals surface area contributed by atoms with Crippen LogP contribution in [0, 0.1) is 0 Å². The Morgan fingerprint density at radius 1 is 0.367 bits per heavy atom. The molecule has 9 aromatic rings. The van der Waals surface area contributed by atoms with Crippen molar-refractivity contribution in [1.29, 1.82) is 0 Å². The van der Waals surface area contributed by atoms with E-state index >= 15 is 0 Å². The van der Waals surface area contributed by atoms with Crippen molar-refractivity contribution in [3.63, 3.8) is 0 Å². The molecule has 1 heterocycles. The first-order chi connectivity index (χ1) is 24.2. The Labute approximate surface area is 286 Å². The molecule has 0 aliphatic carbocycles. The Bertz CT molecular complexity index is 2560. The zero-order chi connectivity index (χ0) is 32.7. The molecule has 0 fully saturated rings. The van der Waals surface area contributed by atoms with Gasteiger partial charge in [0, 0.05) is 46.0 Å². The quantitative estimate of drug-likeness (QED) is 0.178. The van der Waals surface area contributed by atoms with Crippen LogP contribution < -0.4 is 4.90 Å². The zero-order valence-corrected chi connectivity index (χ0v) is 27.3. The highest BCUT2D eigenvalue weighted by atomic mass is 15.1. The number of rotatable bonds is 6. The third-order valence-corrected chi connectivity index (χ3v) is 9.79. The van der Waals surface area contributed by atoms with Crippen molar-refractivity contribution in [1.82, 2.24) is 4.57 Å². The molecular weight excluding hydrogens is 593 g/mol. The molecule has 49 heavy (non-hydrogen) atoms. The second-order valence-corrected chi connectivity index (χ2v) is 12.7. The minimum atomic E-state index is 1.12. The van der Waals surface area contributed by atoms with Gasteiger partial charge in [0.05, 0.1) is 5.52 Å². The summed E-state index contributed by atoms with van der Waals surface area (Å²) in [7, 11) is 2.19. The molecule has 0 saturated carbocycles. The van der Waals surface area contributed by atoms with Crippen molar-refractivity contribution < 1.29 is 0 Å². The van der Waals surface area contributed by atoms with E-state index in [1.807, 2.05) is 0 Å². The zero-order valence-electron chi connectivity index (χ0n) is 27.3. The van der Waals surface area contributed by atoms with Crippen molar-refractivity contribution >= 4 is 49.6 Å². The lowest BCUT2D eigenvalue weighted by Crippen LogP contribution is -2.09. The summed E-state index contributed by atoms with van der Waals surface area (Å²) >= 11 is 0. The van der Waals surface area contributed by atoms with Crippen molar-refractivity contribution in [2.75, 3.05) is 4.90 Å². The van der Waals surface area contributed by atoms with E-state index in [2.05, 4.69) is 205 Å². The molecule has 1 aromatic heterocycles. The van der Waals surface area contributed by atoms with Crippen LogP contribution >= 0.6 is 0 Å². The third kappa shape index (κ3) is 5.15. The van der Waals surface area contributed by atoms with Gasteiger partial charge in [0.15, 0.2) is 0 Å². The Morgan fingerprint density at radius 3 is 1.45 bits per heavy atom. The number of nitrogens with zero attached hydrogens (tertiary/aromatic N) is 2. The topological polar surface area (TPSA) is 8.17 Å². The number of para-hydroxylation sites is 2. The van der Waals surface area contributed by atoms with Gasteiger partial charge < -0.3 is 9.47 Å². The van der Waals surface area contributed by atoms with Crippen LogP contribution in [-0.2, 0) is 7.05 Å². The second kappa shape index (κ2) is 12.0. The highest BCUT2D eigenvalue weighted by Gasteiger charge is 2.15. The van der Waals surface area contributed by atoms with Gasteiger partial charge in [-0.3, -0.25) is 0 Å². The lowest BCUT2D eigenvalue weighted by Gasteiger charge is -2.26. The standard InChI is InChI=1S/C47H34N2/c1-48-46-32-39-14-9-8-13-38(39)31-45(46)44-18-10-17-43(47(44)48)37-21-19-34(20-22-37)36-25-29-42(30-26-36)49(40-15-6-3-7-16-40)41-27-23-35(24-28-41)33-11-4-2-5-12-33/h2-32H,1H3. The van der Waals surface area contributed by atoms with Crippen molar-refractivity contribution in [3.05, 3.63) is 188 Å². The summed E-state index contributed by atoms with van der Waals surface area (Å²) in [6.45, 7) is 0. The number of hydrogen-bond donors (Lipinski definition) is 0. The van der Waals surface area contributed by atoms with Crippen LogP contribution in [0.5, 0.6) is 0 Å². The molecule has 0 spiro atoms. The summed E-state index contributed by atoms with van der Waals surface area (Å²) < 4.78 is 2.35. The second-order valence-electron chi connectivity index (χ2n) is 12.7. The van der Waals surface area contributed by atoms with Crippen molar-refractivity contribution in [2.45, 2.75) is 0 Å². The van der Waals surface area contributed by atoms with E-state index in [4.69, 9.17) is 0 Å². The summed E-state index contributed by atoms with van der Waals surface area (Å²) in [5.41, 5.74) is 13.2. The van der Waals surface area contributed by atoms with Gasteiger partial charge in [0.1, 0.15) is 0 Å². The Kier molecular flexibility index (Phi) is 7.06. The number of aryl methyl sites for hydroxylation is 1. The van der Waals surface area contributed by atoms with Crippen LogP contribution in [0.15, 0.2) is 188 Å². The molecular formula is C47H34N2. The smallest absolute Gasteiger partial charge is 0.0568 e. The van der Waals surface area contributed by atoms with Crippen LogP contribution in [-0.4, -0.2) is 4.57 Å². The average Bonchev–Trinajstić information content (AvgIpc) is 3.46. The summed E-state index contributed by atoms with van der Waals surface area (Å²) in [6, 6.07) is 67.8. The van der Waals surface area contributed by atoms with Gasteiger partial charge in [0.25, 0.3) is 0 Å². The minimum Gasteiger partial charge on any atom is -0.343 e. The van der Waals surface area contributed by atoms with Crippen LogP contribution in [0.2, 0.25) is 0 Å². The predicted octanol–water partition coefficient (Wildman–Crippen LogP) is 13.0. The lowest BCUT2D eigenvalue weighted by molar-refractivity contribution is 1.02. The van der Waals surface area contributed by atoms with Gasteiger partial charge in [-0.05, 0) is 87.1 Å². The lowest BCUT2D eigenvalue weighted by atomic mass is 9.98. The van der Waals surface area contributed by atoms with Gasteiger partial charge >= 0.3 is 0 Å². The normalized spacial score (nSPS) is 11.4. The molecule has 0 N–H and O–H groups in total. The maximum atomic E-state index is 2.35. The molecule has 0 unspecified atom stereocenters. The van der Waals surface area contributed by atoms with Gasteiger partial charge in [-0.2, -0.15) is 0 Å².